The number of carbonyl (C=O) groups excluding carboxylic acids is 4. The molecule has 4 aromatic carbocycles. The van der Waals surface area contributed by atoms with E-state index in [9.17, 15) is 29.4 Å². The van der Waals surface area contributed by atoms with E-state index in [2.05, 4.69) is 38.8 Å². The molecule has 2 amide bonds. The van der Waals surface area contributed by atoms with Gasteiger partial charge in [-0.1, -0.05) is 48.5 Å². The van der Waals surface area contributed by atoms with E-state index < -0.39 is 23.8 Å². The molecule has 0 aromatic heterocycles. The highest BCUT2D eigenvalue weighted by molar-refractivity contribution is 6.08. The third kappa shape index (κ3) is 8.87. The first kappa shape index (κ1) is 30.3. The summed E-state index contributed by atoms with van der Waals surface area (Å²) in [7, 11) is 8.50. The van der Waals surface area contributed by atoms with Gasteiger partial charge in [0.05, 0.1) is 40.1 Å². The molecule has 0 saturated carbocycles. The number of carbonyl (C=O) groups is 4. The Morgan fingerprint density at radius 1 is 0.537 bits per heavy atom. The van der Waals surface area contributed by atoms with Crippen LogP contribution < -0.4 is 20.8 Å². The molecule has 210 valence electrons. The van der Waals surface area contributed by atoms with Crippen molar-refractivity contribution in [2.75, 3.05) is 38.8 Å². The summed E-state index contributed by atoms with van der Waals surface area (Å²) in [4.78, 5) is 48.7. The maximum absolute atomic E-state index is 12.4. The maximum Gasteiger partial charge on any atom is 0.255 e. The number of hydrogen-bond donors (Lipinski definition) is 2. The molecule has 0 spiro atoms. The Kier molecular flexibility index (Phi) is 9.73. The van der Waals surface area contributed by atoms with Crippen LogP contribution in [-0.4, -0.2) is 56.4 Å². The Balaban J connectivity index is 0.000000850. The quantitative estimate of drug-likeness (QED) is 0.338. The van der Waals surface area contributed by atoms with Gasteiger partial charge in [-0.3, -0.25) is 9.59 Å². The van der Waals surface area contributed by atoms with E-state index in [1.54, 1.807) is 60.7 Å². The van der Waals surface area contributed by atoms with Crippen molar-refractivity contribution in [1.29, 1.82) is 0 Å². The second-order valence-electron chi connectivity index (χ2n) is 10.4. The van der Waals surface area contributed by atoms with Crippen molar-refractivity contribution >= 4 is 35.1 Å². The Morgan fingerprint density at radius 3 is 1.15 bits per heavy atom. The Labute approximate surface area is 238 Å². The van der Waals surface area contributed by atoms with Gasteiger partial charge in [-0.15, -0.1) is 0 Å². The molecule has 2 N–H and O–H groups in total. The number of nitrogens with one attached hydrogen (secondary N) is 2. The molecule has 41 heavy (non-hydrogen) atoms. The summed E-state index contributed by atoms with van der Waals surface area (Å²) in [5.74, 6) is -4.01. The molecular formula is C32H30N3O6-. The summed E-state index contributed by atoms with van der Waals surface area (Å²) in [6.07, 6.45) is 0. The van der Waals surface area contributed by atoms with E-state index in [1.165, 1.54) is 36.4 Å². The number of nitrogens with zero attached hydrogens (tertiary/aromatic N) is 1. The first-order valence-corrected chi connectivity index (χ1v) is 12.6. The highest BCUT2D eigenvalue weighted by atomic mass is 16.4. The second-order valence-corrected chi connectivity index (χ2v) is 10.4. The summed E-state index contributed by atoms with van der Waals surface area (Å²) in [6.45, 7) is 0. The van der Waals surface area contributed by atoms with Crippen molar-refractivity contribution in [3.8, 4) is 11.1 Å². The number of rotatable bonds is 7. The van der Waals surface area contributed by atoms with E-state index in [1.807, 2.05) is 0 Å². The minimum absolute atomic E-state index is 0.0489. The molecule has 0 heterocycles. The van der Waals surface area contributed by atoms with Crippen molar-refractivity contribution in [1.82, 2.24) is 0 Å². The predicted octanol–water partition coefficient (Wildman–Crippen LogP) is 2.91. The third-order valence-corrected chi connectivity index (χ3v) is 5.36. The molecule has 0 atom stereocenters. The number of aromatic carboxylic acids is 2. The molecule has 0 unspecified atom stereocenters. The topological polar surface area (TPSA) is 138 Å². The first-order valence-electron chi connectivity index (χ1n) is 12.6. The van der Waals surface area contributed by atoms with Gasteiger partial charge in [0.2, 0.25) is 0 Å². The van der Waals surface area contributed by atoms with Gasteiger partial charge in [0, 0.05) is 33.6 Å². The molecule has 0 bridgehead atoms. The summed E-state index contributed by atoms with van der Waals surface area (Å²) >= 11 is 0. The van der Waals surface area contributed by atoms with Gasteiger partial charge >= 0.3 is 0 Å². The number of amides is 2. The monoisotopic (exact) mass is 552 g/mol. The highest BCUT2D eigenvalue weighted by Crippen LogP contribution is 2.31. The van der Waals surface area contributed by atoms with Crippen LogP contribution in [0.5, 0.6) is 0 Å². The summed E-state index contributed by atoms with van der Waals surface area (Å²) < 4.78 is 1.00. The number of carboxylic acids is 2. The first-order chi connectivity index (χ1) is 19.3. The van der Waals surface area contributed by atoms with Crippen LogP contribution in [-0.2, 0) is 0 Å². The van der Waals surface area contributed by atoms with Gasteiger partial charge in [-0.05, 0) is 59.7 Å². The average molecular weight is 553 g/mol. The van der Waals surface area contributed by atoms with Gasteiger partial charge < -0.3 is 34.9 Å². The van der Waals surface area contributed by atoms with Crippen molar-refractivity contribution < 1.29 is 33.9 Å². The molecule has 9 nitrogen and oxygen atoms in total. The Morgan fingerprint density at radius 2 is 0.854 bits per heavy atom. The Bertz CT molecular complexity index is 1440. The highest BCUT2D eigenvalue weighted by Gasteiger charge is 2.15. The van der Waals surface area contributed by atoms with Crippen LogP contribution in [0.4, 0.5) is 11.4 Å². The Hall–Kier alpha value is -5.28. The summed E-state index contributed by atoms with van der Waals surface area (Å²) in [5, 5.41) is 29.0. The molecule has 9 heteroatoms. The van der Waals surface area contributed by atoms with E-state index in [0.29, 0.717) is 11.1 Å². The zero-order valence-corrected chi connectivity index (χ0v) is 23.1. The molecule has 4 rings (SSSR count). The van der Waals surface area contributed by atoms with Crippen molar-refractivity contribution in [2.24, 2.45) is 0 Å². The minimum Gasteiger partial charge on any atom is -0.545 e. The normalized spacial score (nSPS) is 10.5. The molecule has 0 fully saturated rings. The second kappa shape index (κ2) is 13.2. The average Bonchev–Trinajstić information content (AvgIpc) is 2.93. The molecule has 0 saturated heterocycles. The molecule has 0 aliphatic heterocycles. The summed E-state index contributed by atoms with van der Waals surface area (Å²) in [6, 6.07) is 24.7. The van der Waals surface area contributed by atoms with Gasteiger partial charge in [0.25, 0.3) is 11.8 Å². The van der Waals surface area contributed by atoms with E-state index >= 15 is 0 Å². The van der Waals surface area contributed by atoms with Crippen LogP contribution in [0.2, 0.25) is 0 Å². The molecule has 0 radical (unpaired) electrons. The van der Waals surface area contributed by atoms with E-state index in [0.717, 1.165) is 4.48 Å². The zero-order chi connectivity index (χ0) is 30.2. The largest absolute Gasteiger partial charge is 0.545 e. The van der Waals surface area contributed by atoms with Gasteiger partial charge in [0.15, 0.2) is 0 Å². The van der Waals surface area contributed by atoms with Gasteiger partial charge in [0.1, 0.15) is 0 Å². The van der Waals surface area contributed by atoms with Crippen LogP contribution in [0.25, 0.3) is 11.1 Å². The molecule has 0 aliphatic carbocycles. The minimum atomic E-state index is -1.56. The lowest BCUT2D eigenvalue weighted by Gasteiger charge is -2.18. The smallest absolute Gasteiger partial charge is 0.255 e. The zero-order valence-electron chi connectivity index (χ0n) is 23.1. The fraction of sp³-hybridized carbons (Fsp3) is 0.125. The standard InChI is InChI=1S/C28H20N2O6.C4H12N/c31-25(17-7-3-1-4-8-17)29-19-11-13-21(23(15-19)27(33)34)22-14-12-20(16-24(22)28(35)36)30-26(32)18-9-5-2-6-10-18;1-5(2,3)4/h1-16H,(H,29,31)(H,30,32)(H,33,34)(H,35,36);1-4H3/q;+1/p-2. The number of benzene rings is 4. The molecular weight excluding hydrogens is 522 g/mol. The molecule has 0 aliphatic rings. The van der Waals surface area contributed by atoms with Crippen LogP contribution in [0.3, 0.4) is 0 Å². The number of anilines is 2. The van der Waals surface area contributed by atoms with Crippen LogP contribution >= 0.6 is 0 Å². The lowest BCUT2D eigenvalue weighted by atomic mass is 9.94. The molecule has 4 aromatic rings. The van der Waals surface area contributed by atoms with E-state index in [-0.39, 0.29) is 33.6 Å². The lowest BCUT2D eigenvalue weighted by molar-refractivity contribution is -0.849. The van der Waals surface area contributed by atoms with Crippen molar-refractivity contribution in [3.63, 3.8) is 0 Å². The van der Waals surface area contributed by atoms with Crippen LogP contribution in [0.1, 0.15) is 41.4 Å². The number of hydrogen-bond acceptors (Lipinski definition) is 6. The maximum atomic E-state index is 12.4. The summed E-state index contributed by atoms with van der Waals surface area (Å²) in [5.41, 5.74) is 0.574. The van der Waals surface area contributed by atoms with Gasteiger partial charge in [-0.25, -0.2) is 0 Å². The van der Waals surface area contributed by atoms with E-state index in [4.69, 9.17) is 0 Å². The van der Waals surface area contributed by atoms with Crippen molar-refractivity contribution in [3.05, 3.63) is 119 Å². The van der Waals surface area contributed by atoms with Gasteiger partial charge in [-0.2, -0.15) is 0 Å². The number of quaternary nitrogens is 1. The fourth-order valence-electron chi connectivity index (χ4n) is 3.64. The third-order valence-electron chi connectivity index (χ3n) is 5.36. The fourth-order valence-corrected chi connectivity index (χ4v) is 3.64. The lowest BCUT2D eigenvalue weighted by Crippen LogP contribution is -2.27. The van der Waals surface area contributed by atoms with Crippen LogP contribution in [0, 0.1) is 0 Å². The predicted molar refractivity (Wildman–Crippen MR) is 153 cm³/mol. The van der Waals surface area contributed by atoms with Crippen molar-refractivity contribution in [2.45, 2.75) is 0 Å². The van der Waals surface area contributed by atoms with Crippen LogP contribution in [0.15, 0.2) is 97.1 Å². The SMILES string of the molecule is C[N+](C)(C)C.O=C(Nc1ccc(-c2ccc(NC(=O)c3ccccc3)cc2C(=O)[O-])c(C(=O)[O-])c1)c1ccccc1. The number of carboxylic acid groups (broad SMARTS) is 2.